The van der Waals surface area contributed by atoms with Gasteiger partial charge in [-0.15, -0.1) is 0 Å². The average Bonchev–Trinajstić information content (AvgIpc) is 3.25. The number of nitrogens with one attached hydrogen (secondary N) is 1. The minimum atomic E-state index is -1.15. The van der Waals surface area contributed by atoms with E-state index in [1.165, 1.54) is 0 Å². The van der Waals surface area contributed by atoms with Gasteiger partial charge in [-0.2, -0.15) is 0 Å². The molecule has 3 aromatic rings. The van der Waals surface area contributed by atoms with E-state index in [0.29, 0.717) is 23.9 Å². The molecule has 0 saturated carbocycles. The summed E-state index contributed by atoms with van der Waals surface area (Å²) < 4.78 is 23.2. The third-order valence-electron chi connectivity index (χ3n) is 7.75. The van der Waals surface area contributed by atoms with Crippen LogP contribution in [0.4, 0.5) is 5.69 Å². The summed E-state index contributed by atoms with van der Waals surface area (Å²) in [6, 6.07) is 19.9. The van der Waals surface area contributed by atoms with Crippen LogP contribution in [-0.4, -0.2) is 64.5 Å². The molecule has 0 aromatic heterocycles. The molecule has 3 aromatic carbocycles. The average molecular weight is 531 g/mol. The minimum Gasteiger partial charge on any atom is -0.493 e. The van der Waals surface area contributed by atoms with Crippen LogP contribution >= 0.6 is 0 Å². The number of anilines is 1. The molecule has 7 nitrogen and oxygen atoms in total. The van der Waals surface area contributed by atoms with Crippen LogP contribution in [0.5, 0.6) is 17.2 Å². The molecule has 5 rings (SSSR count). The molecule has 2 aliphatic heterocycles. The van der Waals surface area contributed by atoms with Crippen LogP contribution in [-0.2, 0) is 20.4 Å². The van der Waals surface area contributed by atoms with Crippen LogP contribution in [0.15, 0.2) is 60.7 Å². The van der Waals surface area contributed by atoms with E-state index in [1.54, 1.807) is 14.2 Å². The lowest BCUT2D eigenvalue weighted by atomic mass is 9.68. The monoisotopic (exact) mass is 530 g/mol. The van der Waals surface area contributed by atoms with Crippen LogP contribution < -0.4 is 19.5 Å². The Labute approximate surface area is 231 Å². The first-order valence-corrected chi connectivity index (χ1v) is 13.5. The second-order valence-electron chi connectivity index (χ2n) is 11.1. The summed E-state index contributed by atoms with van der Waals surface area (Å²) in [7, 11) is 3.22. The number of rotatable bonds is 8. The van der Waals surface area contributed by atoms with Crippen LogP contribution in [0, 0.1) is 0 Å². The number of hydrogen-bond donors (Lipinski definition) is 1. The second-order valence-corrected chi connectivity index (χ2v) is 11.1. The molecule has 39 heavy (non-hydrogen) atoms. The summed E-state index contributed by atoms with van der Waals surface area (Å²) in [5.41, 5.74) is 3.11. The molecule has 1 amide bonds. The van der Waals surface area contributed by atoms with E-state index >= 15 is 0 Å². The molecule has 0 radical (unpaired) electrons. The smallest absolute Gasteiger partial charge is 0.244 e. The number of benzene rings is 3. The number of methoxy groups -OCH3 is 2. The molecule has 1 saturated heterocycles. The summed E-state index contributed by atoms with van der Waals surface area (Å²) in [5.74, 6) is 1.74. The number of carbonyl (C=O) groups is 1. The lowest BCUT2D eigenvalue weighted by Gasteiger charge is -2.33. The Morgan fingerprint density at radius 2 is 1.62 bits per heavy atom. The zero-order chi connectivity index (χ0) is 27.6. The normalized spacial score (nSPS) is 19.4. The number of fused-ring (bicyclic) bond motifs is 1. The second kappa shape index (κ2) is 10.9. The van der Waals surface area contributed by atoms with Gasteiger partial charge in [0.1, 0.15) is 17.8 Å². The number of amides is 1. The molecule has 0 spiro atoms. The fraction of sp³-hybridized carbons (Fsp3) is 0.406. The maximum atomic E-state index is 14.3. The van der Waals surface area contributed by atoms with Gasteiger partial charge >= 0.3 is 0 Å². The van der Waals surface area contributed by atoms with Gasteiger partial charge in [-0.3, -0.25) is 9.69 Å². The predicted octanol–water partition coefficient (Wildman–Crippen LogP) is 5.00. The van der Waals surface area contributed by atoms with Gasteiger partial charge in [0, 0.05) is 36.4 Å². The molecule has 1 N–H and O–H groups in total. The Morgan fingerprint density at radius 1 is 0.897 bits per heavy atom. The van der Waals surface area contributed by atoms with Crippen molar-refractivity contribution < 1.29 is 23.7 Å². The zero-order valence-electron chi connectivity index (χ0n) is 23.5. The van der Waals surface area contributed by atoms with E-state index in [-0.39, 0.29) is 11.3 Å². The van der Waals surface area contributed by atoms with Gasteiger partial charge in [-0.25, -0.2) is 0 Å². The topological polar surface area (TPSA) is 69.3 Å². The SMILES string of the molecule is COc1ccc(C2(c3cc(C(C)(C)C)ccc3OCCN3CCOCC3)C(=O)Nc3ccccc32)cc1OC. The van der Waals surface area contributed by atoms with Gasteiger partial charge < -0.3 is 24.3 Å². The molecule has 1 unspecified atom stereocenters. The van der Waals surface area contributed by atoms with E-state index in [4.69, 9.17) is 18.9 Å². The van der Waals surface area contributed by atoms with Crippen molar-refractivity contribution in [3.8, 4) is 17.2 Å². The van der Waals surface area contributed by atoms with Gasteiger partial charge in [0.15, 0.2) is 11.5 Å². The highest BCUT2D eigenvalue weighted by atomic mass is 16.5. The van der Waals surface area contributed by atoms with Crippen molar-refractivity contribution in [2.75, 3.05) is 59.0 Å². The molecule has 206 valence electrons. The van der Waals surface area contributed by atoms with E-state index in [1.807, 2.05) is 48.5 Å². The third-order valence-corrected chi connectivity index (χ3v) is 7.75. The molecule has 2 aliphatic rings. The summed E-state index contributed by atoms with van der Waals surface area (Å²) in [5, 5.41) is 3.16. The predicted molar refractivity (Wildman–Crippen MR) is 152 cm³/mol. The van der Waals surface area contributed by atoms with E-state index < -0.39 is 5.41 Å². The largest absolute Gasteiger partial charge is 0.493 e. The van der Waals surface area contributed by atoms with Crippen LogP contribution in [0.25, 0.3) is 0 Å². The fourth-order valence-corrected chi connectivity index (χ4v) is 5.56. The molecule has 0 aliphatic carbocycles. The maximum absolute atomic E-state index is 14.3. The van der Waals surface area contributed by atoms with Crippen molar-refractivity contribution >= 4 is 11.6 Å². The summed E-state index contributed by atoms with van der Waals surface area (Å²) in [6.45, 7) is 11.1. The van der Waals surface area contributed by atoms with Gasteiger partial charge in [0.2, 0.25) is 5.91 Å². The van der Waals surface area contributed by atoms with Crippen molar-refractivity contribution in [2.24, 2.45) is 0 Å². The third kappa shape index (κ3) is 4.97. The van der Waals surface area contributed by atoms with E-state index in [9.17, 15) is 4.79 Å². The number of nitrogens with zero attached hydrogens (tertiary/aromatic N) is 1. The first-order chi connectivity index (χ1) is 18.8. The Bertz CT molecular complexity index is 1340. The standard InChI is InChI=1S/C32H38N2O5/c1-31(2,3)22-10-12-27(39-19-16-34-14-17-38-18-15-34)25(20-22)32(23-11-13-28(36-4)29(21-23)37-5)24-8-6-7-9-26(24)33-30(32)35/h6-13,20-21H,14-19H2,1-5H3,(H,33,35). The lowest BCUT2D eigenvalue weighted by molar-refractivity contribution is -0.118. The van der Waals surface area contributed by atoms with E-state index in [0.717, 1.165) is 60.8 Å². The number of ether oxygens (including phenoxy) is 4. The first-order valence-electron chi connectivity index (χ1n) is 13.5. The van der Waals surface area contributed by atoms with Gasteiger partial charge in [0.05, 0.1) is 27.4 Å². The van der Waals surface area contributed by atoms with Crippen LogP contribution in [0.2, 0.25) is 0 Å². The minimum absolute atomic E-state index is 0.125. The van der Waals surface area contributed by atoms with Crippen LogP contribution in [0.1, 0.15) is 43.0 Å². The molecule has 1 fully saturated rings. The first kappa shape index (κ1) is 27.0. The van der Waals surface area contributed by atoms with Crippen LogP contribution in [0.3, 0.4) is 0 Å². The highest BCUT2D eigenvalue weighted by molar-refractivity contribution is 6.11. The number of morpholine rings is 1. The van der Waals surface area contributed by atoms with Gasteiger partial charge in [-0.1, -0.05) is 51.1 Å². The van der Waals surface area contributed by atoms with Crippen molar-refractivity contribution in [3.05, 3.63) is 82.9 Å². The van der Waals surface area contributed by atoms with Gasteiger partial charge in [-0.05, 0) is 46.9 Å². The van der Waals surface area contributed by atoms with Crippen molar-refractivity contribution in [1.82, 2.24) is 4.90 Å². The number of para-hydroxylation sites is 1. The zero-order valence-corrected chi connectivity index (χ0v) is 23.5. The summed E-state index contributed by atoms with van der Waals surface area (Å²) >= 11 is 0. The molecule has 1 atom stereocenters. The Morgan fingerprint density at radius 3 is 2.33 bits per heavy atom. The number of hydrogen-bond acceptors (Lipinski definition) is 6. The fourth-order valence-electron chi connectivity index (χ4n) is 5.56. The Hall–Kier alpha value is -3.55. The molecular formula is C32H38N2O5. The van der Waals surface area contributed by atoms with Crippen molar-refractivity contribution in [1.29, 1.82) is 0 Å². The van der Waals surface area contributed by atoms with E-state index in [2.05, 4.69) is 43.1 Å². The highest BCUT2D eigenvalue weighted by Gasteiger charge is 2.52. The molecular weight excluding hydrogens is 492 g/mol. The highest BCUT2D eigenvalue weighted by Crippen LogP contribution is 2.52. The Kier molecular flexibility index (Phi) is 7.56. The summed E-state index contributed by atoms with van der Waals surface area (Å²) in [6.07, 6.45) is 0. The summed E-state index contributed by atoms with van der Waals surface area (Å²) in [4.78, 5) is 16.6. The molecule has 7 heteroatoms. The molecule has 2 heterocycles. The Balaban J connectivity index is 1.69. The number of carbonyl (C=O) groups excluding carboxylic acids is 1. The molecule has 0 bridgehead atoms. The lowest BCUT2D eigenvalue weighted by Crippen LogP contribution is -2.39. The quantitative estimate of drug-likeness (QED) is 0.442. The van der Waals surface area contributed by atoms with Gasteiger partial charge in [0.25, 0.3) is 0 Å². The van der Waals surface area contributed by atoms with Crippen molar-refractivity contribution in [3.63, 3.8) is 0 Å². The maximum Gasteiger partial charge on any atom is 0.244 e. The van der Waals surface area contributed by atoms with Crippen molar-refractivity contribution in [2.45, 2.75) is 31.6 Å².